The van der Waals surface area contributed by atoms with Crippen LogP contribution in [0.4, 0.5) is 5.69 Å². The maximum Gasteiger partial charge on any atom is 0.236 e. The molecule has 0 spiro atoms. The Hall–Kier alpha value is -1.37. The van der Waals surface area contributed by atoms with Gasteiger partial charge in [0, 0.05) is 4.47 Å². The predicted octanol–water partition coefficient (Wildman–Crippen LogP) is 3.19. The van der Waals surface area contributed by atoms with Gasteiger partial charge in [-0.25, -0.2) is 8.42 Å². The van der Waals surface area contributed by atoms with Crippen LogP contribution in [0.3, 0.4) is 0 Å². The molecule has 2 rings (SSSR count). The van der Waals surface area contributed by atoms with E-state index in [1.165, 1.54) is 0 Å². The van der Waals surface area contributed by atoms with Gasteiger partial charge in [-0.1, -0.05) is 30.3 Å². The Labute approximate surface area is 133 Å². The summed E-state index contributed by atoms with van der Waals surface area (Å²) >= 11 is 3.35. The maximum absolute atomic E-state index is 12.2. The number of hydrogen-bond donors (Lipinski definition) is 2. The Balaban J connectivity index is 2.18. The first-order chi connectivity index (χ1) is 9.89. The molecule has 0 aliphatic rings. The summed E-state index contributed by atoms with van der Waals surface area (Å²) < 4.78 is 27.7. The number of aliphatic hydroxyl groups excluding tert-OH is 1. The van der Waals surface area contributed by atoms with Crippen LogP contribution in [0.5, 0.6) is 0 Å². The van der Waals surface area contributed by atoms with Crippen LogP contribution in [0, 0.1) is 6.92 Å². The number of nitrogens with one attached hydrogen (secondary N) is 1. The van der Waals surface area contributed by atoms with Crippen LogP contribution in [0.1, 0.15) is 16.7 Å². The first-order valence-electron chi connectivity index (χ1n) is 6.35. The summed E-state index contributed by atoms with van der Waals surface area (Å²) in [5.41, 5.74) is 2.89. The molecule has 0 aliphatic heterocycles. The van der Waals surface area contributed by atoms with Crippen molar-refractivity contribution in [3.8, 4) is 0 Å². The predicted molar refractivity (Wildman–Crippen MR) is 87.5 cm³/mol. The molecule has 0 saturated carbocycles. The van der Waals surface area contributed by atoms with Gasteiger partial charge in [0.15, 0.2) is 0 Å². The molecular weight excluding hydrogens is 354 g/mol. The van der Waals surface area contributed by atoms with Crippen molar-refractivity contribution in [3.63, 3.8) is 0 Å². The lowest BCUT2D eigenvalue weighted by atomic mass is 10.1. The fourth-order valence-corrected chi connectivity index (χ4v) is 3.87. The molecule has 2 N–H and O–H groups in total. The molecule has 112 valence electrons. The molecular formula is C15H16BrNO3S. The van der Waals surface area contributed by atoms with E-state index in [0.29, 0.717) is 21.3 Å². The molecule has 2 aromatic carbocycles. The Morgan fingerprint density at radius 1 is 1.14 bits per heavy atom. The minimum atomic E-state index is -3.51. The van der Waals surface area contributed by atoms with E-state index in [2.05, 4.69) is 20.7 Å². The minimum Gasteiger partial charge on any atom is -0.392 e. The quantitative estimate of drug-likeness (QED) is 0.850. The lowest BCUT2D eigenvalue weighted by Crippen LogP contribution is -2.15. The van der Waals surface area contributed by atoms with Gasteiger partial charge in [-0.3, -0.25) is 4.72 Å². The largest absolute Gasteiger partial charge is 0.392 e. The fourth-order valence-electron chi connectivity index (χ4n) is 1.94. The van der Waals surface area contributed by atoms with Crippen LogP contribution in [0.15, 0.2) is 46.9 Å². The molecule has 2 aromatic rings. The third-order valence-electron chi connectivity index (χ3n) is 2.92. The van der Waals surface area contributed by atoms with Crippen LogP contribution in [0.2, 0.25) is 0 Å². The van der Waals surface area contributed by atoms with Crippen molar-refractivity contribution in [1.29, 1.82) is 0 Å². The zero-order chi connectivity index (χ0) is 15.5. The van der Waals surface area contributed by atoms with Crippen LogP contribution in [-0.4, -0.2) is 13.5 Å². The number of sulfonamides is 1. The van der Waals surface area contributed by atoms with Gasteiger partial charge < -0.3 is 5.11 Å². The summed E-state index contributed by atoms with van der Waals surface area (Å²) in [6.45, 7) is 1.83. The highest BCUT2D eigenvalue weighted by atomic mass is 79.9. The molecule has 0 saturated heterocycles. The molecule has 0 aromatic heterocycles. The van der Waals surface area contributed by atoms with Crippen molar-refractivity contribution in [1.82, 2.24) is 0 Å². The van der Waals surface area contributed by atoms with Crippen LogP contribution < -0.4 is 4.72 Å². The maximum atomic E-state index is 12.2. The van der Waals surface area contributed by atoms with Gasteiger partial charge in [-0.15, -0.1) is 0 Å². The monoisotopic (exact) mass is 369 g/mol. The molecule has 0 unspecified atom stereocenters. The summed E-state index contributed by atoms with van der Waals surface area (Å²) in [7, 11) is -3.51. The van der Waals surface area contributed by atoms with Crippen molar-refractivity contribution >= 4 is 31.6 Å². The highest BCUT2D eigenvalue weighted by Crippen LogP contribution is 2.25. The highest BCUT2D eigenvalue weighted by Gasteiger charge is 2.13. The van der Waals surface area contributed by atoms with E-state index in [9.17, 15) is 8.42 Å². The zero-order valence-electron chi connectivity index (χ0n) is 11.5. The molecule has 0 radical (unpaired) electrons. The molecule has 0 amide bonds. The summed E-state index contributed by atoms with van der Waals surface area (Å²) in [5, 5.41) is 9.09. The average Bonchev–Trinajstić information content (AvgIpc) is 2.41. The molecule has 4 nitrogen and oxygen atoms in total. The second-order valence-electron chi connectivity index (χ2n) is 4.82. The number of anilines is 1. The first-order valence-corrected chi connectivity index (χ1v) is 8.79. The van der Waals surface area contributed by atoms with Crippen molar-refractivity contribution in [2.45, 2.75) is 19.3 Å². The van der Waals surface area contributed by atoms with Gasteiger partial charge >= 0.3 is 0 Å². The third kappa shape index (κ3) is 4.56. The zero-order valence-corrected chi connectivity index (χ0v) is 13.9. The number of aliphatic hydroxyl groups is 1. The standard InChI is InChI=1S/C15H16BrNO3S/c1-11-5-6-15(14(16)7-11)17-21(19,20)10-13-4-2-3-12(8-13)9-18/h2-8,17-18H,9-10H2,1H3. The van der Waals surface area contributed by atoms with Gasteiger partial charge in [0.2, 0.25) is 10.0 Å². The van der Waals surface area contributed by atoms with Gasteiger partial charge in [-0.05, 0) is 51.7 Å². The second kappa shape index (κ2) is 6.60. The normalized spacial score (nSPS) is 11.4. The second-order valence-corrected chi connectivity index (χ2v) is 7.40. The molecule has 0 heterocycles. The number of hydrogen-bond acceptors (Lipinski definition) is 3. The molecule has 0 atom stereocenters. The topological polar surface area (TPSA) is 66.4 Å². The van der Waals surface area contributed by atoms with Gasteiger partial charge in [-0.2, -0.15) is 0 Å². The van der Waals surface area contributed by atoms with Crippen LogP contribution in [-0.2, 0) is 22.4 Å². The van der Waals surface area contributed by atoms with E-state index in [-0.39, 0.29) is 12.4 Å². The van der Waals surface area contributed by atoms with E-state index < -0.39 is 10.0 Å². The summed E-state index contributed by atoms with van der Waals surface area (Å²) in [6.07, 6.45) is 0. The van der Waals surface area contributed by atoms with E-state index in [4.69, 9.17) is 5.11 Å². The highest BCUT2D eigenvalue weighted by molar-refractivity contribution is 9.10. The van der Waals surface area contributed by atoms with E-state index >= 15 is 0 Å². The van der Waals surface area contributed by atoms with E-state index in [1.54, 1.807) is 30.3 Å². The Bertz CT molecular complexity index is 744. The minimum absolute atomic E-state index is 0.106. The Kier molecular flexibility index (Phi) is 5.03. The van der Waals surface area contributed by atoms with E-state index in [1.807, 2.05) is 19.1 Å². The smallest absolute Gasteiger partial charge is 0.236 e. The van der Waals surface area contributed by atoms with Gasteiger partial charge in [0.25, 0.3) is 0 Å². The van der Waals surface area contributed by atoms with E-state index in [0.717, 1.165) is 5.56 Å². The summed E-state index contributed by atoms with van der Waals surface area (Å²) in [5.74, 6) is -0.138. The van der Waals surface area contributed by atoms with Crippen molar-refractivity contribution in [3.05, 3.63) is 63.6 Å². The number of aryl methyl sites for hydroxylation is 1. The molecule has 0 bridgehead atoms. The summed E-state index contributed by atoms with van der Waals surface area (Å²) in [6, 6.07) is 12.3. The lowest BCUT2D eigenvalue weighted by molar-refractivity contribution is 0.282. The van der Waals surface area contributed by atoms with Crippen molar-refractivity contribution in [2.24, 2.45) is 0 Å². The van der Waals surface area contributed by atoms with Gasteiger partial charge in [0.05, 0.1) is 18.0 Å². The number of benzene rings is 2. The van der Waals surface area contributed by atoms with Crippen LogP contribution >= 0.6 is 15.9 Å². The fraction of sp³-hybridized carbons (Fsp3) is 0.200. The van der Waals surface area contributed by atoms with Crippen molar-refractivity contribution in [2.75, 3.05) is 4.72 Å². The molecule has 0 fully saturated rings. The molecule has 0 aliphatic carbocycles. The lowest BCUT2D eigenvalue weighted by Gasteiger charge is -2.11. The average molecular weight is 370 g/mol. The van der Waals surface area contributed by atoms with Crippen molar-refractivity contribution < 1.29 is 13.5 Å². The first kappa shape index (κ1) is 16.0. The Morgan fingerprint density at radius 3 is 2.52 bits per heavy atom. The Morgan fingerprint density at radius 2 is 1.86 bits per heavy atom. The van der Waals surface area contributed by atoms with Crippen LogP contribution in [0.25, 0.3) is 0 Å². The third-order valence-corrected chi connectivity index (χ3v) is 4.82. The van der Waals surface area contributed by atoms with Gasteiger partial charge in [0.1, 0.15) is 0 Å². The molecule has 6 heteroatoms. The SMILES string of the molecule is Cc1ccc(NS(=O)(=O)Cc2cccc(CO)c2)c(Br)c1. The number of rotatable bonds is 5. The summed E-state index contributed by atoms with van der Waals surface area (Å²) in [4.78, 5) is 0. The number of halogens is 1. The molecule has 21 heavy (non-hydrogen) atoms.